The Balaban J connectivity index is 2.05. The van der Waals surface area contributed by atoms with Gasteiger partial charge in [-0.05, 0) is 42.7 Å². The molecule has 0 aliphatic carbocycles. The van der Waals surface area contributed by atoms with Crippen molar-refractivity contribution in [1.82, 2.24) is 4.98 Å². The summed E-state index contributed by atoms with van der Waals surface area (Å²) in [6.07, 6.45) is 6.08. The molecule has 0 bridgehead atoms. The van der Waals surface area contributed by atoms with Crippen LogP contribution in [0.15, 0.2) is 42.6 Å². The minimum absolute atomic E-state index is 0.201. The molecule has 4 heteroatoms. The van der Waals surface area contributed by atoms with E-state index in [0.717, 1.165) is 36.6 Å². The summed E-state index contributed by atoms with van der Waals surface area (Å²) in [6.45, 7) is 3.47. The molecule has 130 valence electrons. The molecule has 4 nitrogen and oxygen atoms in total. The summed E-state index contributed by atoms with van der Waals surface area (Å²) in [5.41, 5.74) is 8.15. The van der Waals surface area contributed by atoms with E-state index in [9.17, 15) is 0 Å². The molecule has 1 aromatic heterocycles. The first-order valence-corrected chi connectivity index (χ1v) is 8.69. The minimum Gasteiger partial charge on any atom is -0.493 e. The Hall–Kier alpha value is -2.07. The maximum Gasteiger partial charge on any atom is 0.161 e. The van der Waals surface area contributed by atoms with Crippen LogP contribution in [0.2, 0.25) is 0 Å². The second kappa shape index (κ2) is 9.93. The van der Waals surface area contributed by atoms with Gasteiger partial charge in [-0.2, -0.15) is 0 Å². The molecule has 0 fully saturated rings. The highest BCUT2D eigenvalue weighted by atomic mass is 16.5. The zero-order valence-electron chi connectivity index (χ0n) is 14.7. The maximum absolute atomic E-state index is 5.95. The third-order valence-electron chi connectivity index (χ3n) is 4.11. The SMILES string of the molecule is CCCCCOc1ccc(CC(CN)c2ccccn2)cc1OC. The largest absolute Gasteiger partial charge is 0.493 e. The van der Waals surface area contributed by atoms with E-state index in [2.05, 4.69) is 18.0 Å². The van der Waals surface area contributed by atoms with Gasteiger partial charge in [0.05, 0.1) is 13.7 Å². The maximum atomic E-state index is 5.95. The smallest absolute Gasteiger partial charge is 0.161 e. The highest BCUT2D eigenvalue weighted by Gasteiger charge is 2.14. The van der Waals surface area contributed by atoms with Crippen molar-refractivity contribution in [2.75, 3.05) is 20.3 Å². The van der Waals surface area contributed by atoms with E-state index >= 15 is 0 Å². The van der Waals surface area contributed by atoms with Crippen molar-refractivity contribution in [2.45, 2.75) is 38.5 Å². The van der Waals surface area contributed by atoms with E-state index in [1.807, 2.05) is 36.5 Å². The fraction of sp³-hybridized carbons (Fsp3) is 0.450. The Kier molecular flexibility index (Phi) is 7.56. The lowest BCUT2D eigenvalue weighted by Crippen LogP contribution is -2.16. The van der Waals surface area contributed by atoms with Crippen LogP contribution < -0.4 is 15.2 Å². The Morgan fingerprint density at radius 1 is 1.12 bits per heavy atom. The van der Waals surface area contributed by atoms with Gasteiger partial charge in [0.15, 0.2) is 11.5 Å². The molecule has 0 amide bonds. The Morgan fingerprint density at radius 2 is 2.00 bits per heavy atom. The molecule has 0 spiro atoms. The predicted molar refractivity (Wildman–Crippen MR) is 97.8 cm³/mol. The van der Waals surface area contributed by atoms with E-state index in [-0.39, 0.29) is 5.92 Å². The van der Waals surface area contributed by atoms with Crippen molar-refractivity contribution in [3.8, 4) is 11.5 Å². The summed E-state index contributed by atoms with van der Waals surface area (Å²) in [6, 6.07) is 12.1. The number of aromatic nitrogens is 1. The van der Waals surface area contributed by atoms with Crippen molar-refractivity contribution in [1.29, 1.82) is 0 Å². The van der Waals surface area contributed by atoms with Crippen LogP contribution in [0, 0.1) is 0 Å². The minimum atomic E-state index is 0.201. The van der Waals surface area contributed by atoms with Crippen molar-refractivity contribution in [3.05, 3.63) is 53.9 Å². The van der Waals surface area contributed by atoms with Crippen molar-refractivity contribution in [2.24, 2.45) is 5.73 Å². The molecule has 2 aromatic rings. The summed E-state index contributed by atoms with van der Waals surface area (Å²) in [5.74, 6) is 1.78. The molecule has 24 heavy (non-hydrogen) atoms. The van der Waals surface area contributed by atoms with E-state index in [0.29, 0.717) is 6.54 Å². The summed E-state index contributed by atoms with van der Waals surface area (Å²) >= 11 is 0. The number of hydrogen-bond donors (Lipinski definition) is 1. The first kappa shape index (κ1) is 18.3. The van der Waals surface area contributed by atoms with Crippen LogP contribution in [0.5, 0.6) is 11.5 Å². The lowest BCUT2D eigenvalue weighted by atomic mass is 9.95. The molecule has 0 saturated carbocycles. The average molecular weight is 328 g/mol. The molecule has 1 atom stereocenters. The van der Waals surface area contributed by atoms with Crippen LogP contribution in [-0.4, -0.2) is 25.2 Å². The number of hydrogen-bond acceptors (Lipinski definition) is 4. The van der Waals surface area contributed by atoms with E-state index in [1.165, 1.54) is 18.4 Å². The molecule has 2 N–H and O–H groups in total. The monoisotopic (exact) mass is 328 g/mol. The van der Waals surface area contributed by atoms with Crippen molar-refractivity contribution < 1.29 is 9.47 Å². The second-order valence-electron chi connectivity index (χ2n) is 5.93. The second-order valence-corrected chi connectivity index (χ2v) is 5.93. The van der Waals surface area contributed by atoms with Gasteiger partial charge in [0.2, 0.25) is 0 Å². The van der Waals surface area contributed by atoms with Gasteiger partial charge in [0.25, 0.3) is 0 Å². The average Bonchev–Trinajstić information content (AvgIpc) is 2.64. The molecule has 0 radical (unpaired) electrons. The van der Waals surface area contributed by atoms with Gasteiger partial charge >= 0.3 is 0 Å². The zero-order chi connectivity index (χ0) is 17.2. The molecule has 1 heterocycles. The zero-order valence-corrected chi connectivity index (χ0v) is 14.7. The fourth-order valence-corrected chi connectivity index (χ4v) is 2.70. The standard InChI is InChI=1S/C20H28N2O2/c1-3-4-7-12-24-19-10-9-16(14-20(19)23-2)13-17(15-21)18-8-5-6-11-22-18/h5-6,8-11,14,17H,3-4,7,12-13,15,21H2,1-2H3. The number of unbranched alkanes of at least 4 members (excludes halogenated alkanes) is 2. The number of benzene rings is 1. The van der Waals surface area contributed by atoms with Gasteiger partial charge < -0.3 is 15.2 Å². The van der Waals surface area contributed by atoms with Crippen molar-refractivity contribution >= 4 is 0 Å². The van der Waals surface area contributed by atoms with Crippen LogP contribution in [0.25, 0.3) is 0 Å². The molecule has 1 aromatic carbocycles. The van der Waals surface area contributed by atoms with Gasteiger partial charge in [-0.15, -0.1) is 0 Å². The predicted octanol–water partition coefficient (Wildman–Crippen LogP) is 3.94. The lowest BCUT2D eigenvalue weighted by Gasteiger charge is -2.16. The van der Waals surface area contributed by atoms with Crippen LogP contribution in [-0.2, 0) is 6.42 Å². The Labute approximate surface area is 145 Å². The Bertz CT molecular complexity index is 602. The molecular formula is C20H28N2O2. The van der Waals surface area contributed by atoms with Crippen LogP contribution in [0.3, 0.4) is 0 Å². The first-order chi connectivity index (χ1) is 11.8. The molecule has 2 rings (SSSR count). The number of pyridine rings is 1. The van der Waals surface area contributed by atoms with Gasteiger partial charge in [0.1, 0.15) is 0 Å². The first-order valence-electron chi connectivity index (χ1n) is 8.69. The number of rotatable bonds is 10. The van der Waals surface area contributed by atoms with Gasteiger partial charge in [-0.1, -0.05) is 31.9 Å². The van der Waals surface area contributed by atoms with Crippen molar-refractivity contribution in [3.63, 3.8) is 0 Å². The van der Waals surface area contributed by atoms with Crippen LogP contribution in [0.1, 0.15) is 43.4 Å². The van der Waals surface area contributed by atoms with Gasteiger partial charge in [0, 0.05) is 24.4 Å². The topological polar surface area (TPSA) is 57.4 Å². The summed E-state index contributed by atoms with van der Waals surface area (Å²) < 4.78 is 11.3. The van der Waals surface area contributed by atoms with Crippen LogP contribution >= 0.6 is 0 Å². The molecule has 0 saturated heterocycles. The summed E-state index contributed by atoms with van der Waals surface area (Å²) in [5, 5.41) is 0. The molecule has 1 unspecified atom stereocenters. The fourth-order valence-electron chi connectivity index (χ4n) is 2.70. The lowest BCUT2D eigenvalue weighted by molar-refractivity contribution is 0.286. The van der Waals surface area contributed by atoms with Gasteiger partial charge in [-0.25, -0.2) is 0 Å². The highest BCUT2D eigenvalue weighted by molar-refractivity contribution is 5.43. The van der Waals surface area contributed by atoms with E-state index in [4.69, 9.17) is 15.2 Å². The van der Waals surface area contributed by atoms with Gasteiger partial charge in [-0.3, -0.25) is 4.98 Å². The van der Waals surface area contributed by atoms with Crippen LogP contribution in [0.4, 0.5) is 0 Å². The third-order valence-corrected chi connectivity index (χ3v) is 4.11. The Morgan fingerprint density at radius 3 is 2.67 bits per heavy atom. The van der Waals surface area contributed by atoms with E-state index in [1.54, 1.807) is 7.11 Å². The normalized spacial score (nSPS) is 12.0. The summed E-state index contributed by atoms with van der Waals surface area (Å²) in [7, 11) is 1.68. The summed E-state index contributed by atoms with van der Waals surface area (Å²) in [4.78, 5) is 4.43. The third kappa shape index (κ3) is 5.24. The highest BCUT2D eigenvalue weighted by Crippen LogP contribution is 2.30. The number of methoxy groups -OCH3 is 1. The molecule has 0 aliphatic heterocycles. The number of nitrogens with zero attached hydrogens (tertiary/aromatic N) is 1. The number of nitrogens with two attached hydrogens (primary N) is 1. The van der Waals surface area contributed by atoms with E-state index < -0.39 is 0 Å². The molecule has 0 aliphatic rings. The number of ether oxygens (including phenoxy) is 2. The quantitative estimate of drug-likeness (QED) is 0.671. The molecular weight excluding hydrogens is 300 g/mol.